The molecule has 3 nitrogen and oxygen atoms in total. The first-order chi connectivity index (χ1) is 11.8. The van der Waals surface area contributed by atoms with Crippen LogP contribution in [0.4, 0.5) is 5.00 Å². The highest BCUT2D eigenvalue weighted by molar-refractivity contribution is 7.16. The predicted molar refractivity (Wildman–Crippen MR) is 106 cm³/mol. The molecule has 1 amide bonds. The molecule has 1 aromatic rings. The molecule has 0 fully saturated rings. The first-order valence-corrected chi connectivity index (χ1v) is 10.5. The molecule has 0 aromatic carbocycles. The molecule has 2 atom stereocenters. The second kappa shape index (κ2) is 8.36. The molecule has 0 saturated heterocycles. The molecule has 4 heteroatoms. The van der Waals surface area contributed by atoms with E-state index < -0.39 is 0 Å². The number of rotatable bonds is 6. The van der Waals surface area contributed by atoms with Crippen molar-refractivity contribution in [1.82, 2.24) is 0 Å². The third-order valence-electron chi connectivity index (χ3n) is 5.61. The van der Waals surface area contributed by atoms with Gasteiger partial charge in [0, 0.05) is 10.8 Å². The summed E-state index contributed by atoms with van der Waals surface area (Å²) in [6, 6.07) is 2.36. The number of hydrogen-bond acceptors (Lipinski definition) is 3. The van der Waals surface area contributed by atoms with Gasteiger partial charge in [-0.15, -0.1) is 11.3 Å². The highest BCUT2D eigenvalue weighted by Gasteiger charge is 2.32. The number of nitrogens with one attached hydrogen (secondary N) is 1. The van der Waals surface area contributed by atoms with Crippen LogP contribution in [0.1, 0.15) is 82.7 Å². The minimum atomic E-state index is 0.0490. The zero-order valence-corrected chi connectivity index (χ0v) is 17.2. The summed E-state index contributed by atoms with van der Waals surface area (Å²) in [6.07, 6.45) is 7.08. The molecule has 1 aliphatic rings. The van der Waals surface area contributed by atoms with Crippen LogP contribution in [0.5, 0.6) is 0 Å². The maximum Gasteiger partial charge on any atom is 0.228 e. The van der Waals surface area contributed by atoms with Gasteiger partial charge in [-0.2, -0.15) is 5.26 Å². The van der Waals surface area contributed by atoms with E-state index in [1.165, 1.54) is 10.4 Å². The Labute approximate surface area is 156 Å². The summed E-state index contributed by atoms with van der Waals surface area (Å²) in [4.78, 5) is 13.9. The Balaban J connectivity index is 2.19. The van der Waals surface area contributed by atoms with Gasteiger partial charge < -0.3 is 5.32 Å². The number of nitrogens with zero attached hydrogens (tertiary/aromatic N) is 1. The van der Waals surface area contributed by atoms with Gasteiger partial charge in [-0.3, -0.25) is 4.79 Å². The van der Waals surface area contributed by atoms with Crippen LogP contribution in [0.25, 0.3) is 0 Å². The number of carbonyl (C=O) groups excluding carboxylic acids is 1. The first-order valence-electron chi connectivity index (χ1n) is 9.67. The molecule has 1 N–H and O–H groups in total. The molecule has 0 unspecified atom stereocenters. The Morgan fingerprint density at radius 2 is 2.12 bits per heavy atom. The maximum absolute atomic E-state index is 12.6. The molecule has 0 radical (unpaired) electrons. The Morgan fingerprint density at radius 1 is 1.40 bits per heavy atom. The van der Waals surface area contributed by atoms with Gasteiger partial charge in [0.05, 0.1) is 5.56 Å². The van der Waals surface area contributed by atoms with E-state index in [9.17, 15) is 10.1 Å². The van der Waals surface area contributed by atoms with Crippen molar-refractivity contribution >= 4 is 22.2 Å². The number of fused-ring (bicyclic) bond motifs is 1. The van der Waals surface area contributed by atoms with Crippen molar-refractivity contribution in [1.29, 1.82) is 5.26 Å². The van der Waals surface area contributed by atoms with Crippen molar-refractivity contribution in [3.63, 3.8) is 0 Å². The van der Waals surface area contributed by atoms with Crippen molar-refractivity contribution in [3.05, 3.63) is 16.0 Å². The zero-order chi connectivity index (χ0) is 18.6. The second-order valence-corrected chi connectivity index (χ2v) is 9.47. The zero-order valence-electron chi connectivity index (χ0n) is 16.4. The summed E-state index contributed by atoms with van der Waals surface area (Å²) in [6.45, 7) is 11.1. The van der Waals surface area contributed by atoms with Crippen LogP contribution in [0.2, 0.25) is 0 Å². The molecule has 1 aliphatic carbocycles. The van der Waals surface area contributed by atoms with E-state index in [1.807, 2.05) is 0 Å². The van der Waals surface area contributed by atoms with Gasteiger partial charge in [0.25, 0.3) is 0 Å². The summed E-state index contributed by atoms with van der Waals surface area (Å²) in [7, 11) is 0. The standard InChI is InChI=1S/C21H32N2OS/c1-6-8-9-14(7-2)19(24)23-20-17(13-22)16-11-10-15(21(3,4)5)12-18(16)25-20/h14-15H,6-12H2,1-5H3,(H,23,24)/t14-,15+/m1/s1. The highest BCUT2D eigenvalue weighted by Crippen LogP contribution is 2.44. The van der Waals surface area contributed by atoms with Crippen molar-refractivity contribution in [2.75, 3.05) is 5.32 Å². The number of unbranched alkanes of at least 4 members (excludes halogenated alkanes) is 1. The number of nitriles is 1. The van der Waals surface area contributed by atoms with Crippen molar-refractivity contribution in [2.45, 2.75) is 79.6 Å². The SMILES string of the molecule is CCCC[C@@H](CC)C(=O)Nc1sc2c(c1C#N)CC[C@H](C(C)(C)C)C2. The monoisotopic (exact) mass is 360 g/mol. The van der Waals surface area contributed by atoms with Crippen LogP contribution in [0.3, 0.4) is 0 Å². The molecule has 1 heterocycles. The minimum absolute atomic E-state index is 0.0490. The summed E-state index contributed by atoms with van der Waals surface area (Å²) in [5, 5.41) is 13.5. The predicted octanol–water partition coefficient (Wildman–Crippen LogP) is 5.93. The Morgan fingerprint density at radius 3 is 2.68 bits per heavy atom. The van der Waals surface area contributed by atoms with Crippen LogP contribution in [0, 0.1) is 28.6 Å². The fourth-order valence-corrected chi connectivity index (χ4v) is 5.00. The lowest BCUT2D eigenvalue weighted by Gasteiger charge is -2.33. The lowest BCUT2D eigenvalue weighted by molar-refractivity contribution is -0.120. The molecule has 2 rings (SSSR count). The molecule has 0 saturated carbocycles. The topological polar surface area (TPSA) is 52.9 Å². The average Bonchev–Trinajstić information content (AvgIpc) is 2.90. The molecule has 0 bridgehead atoms. The van der Waals surface area contributed by atoms with Crippen LogP contribution in [-0.2, 0) is 17.6 Å². The van der Waals surface area contributed by atoms with Crippen LogP contribution >= 0.6 is 11.3 Å². The van der Waals surface area contributed by atoms with Crippen molar-refractivity contribution in [2.24, 2.45) is 17.3 Å². The lowest BCUT2D eigenvalue weighted by Crippen LogP contribution is -2.26. The van der Waals surface area contributed by atoms with Gasteiger partial charge in [-0.25, -0.2) is 0 Å². The second-order valence-electron chi connectivity index (χ2n) is 8.36. The average molecular weight is 361 g/mol. The van der Waals surface area contributed by atoms with Crippen molar-refractivity contribution < 1.29 is 4.79 Å². The molecule has 138 valence electrons. The van der Waals surface area contributed by atoms with Crippen LogP contribution < -0.4 is 5.32 Å². The highest BCUT2D eigenvalue weighted by atomic mass is 32.1. The van der Waals surface area contributed by atoms with Gasteiger partial charge in [-0.05, 0) is 49.0 Å². The van der Waals surface area contributed by atoms with Gasteiger partial charge in [-0.1, -0.05) is 47.5 Å². The van der Waals surface area contributed by atoms with E-state index >= 15 is 0 Å². The summed E-state index contributed by atoms with van der Waals surface area (Å²) < 4.78 is 0. The van der Waals surface area contributed by atoms with Gasteiger partial charge in [0.1, 0.15) is 11.1 Å². The quantitative estimate of drug-likeness (QED) is 0.684. The fraction of sp³-hybridized carbons (Fsp3) is 0.714. The fourth-order valence-electron chi connectivity index (χ4n) is 3.72. The largest absolute Gasteiger partial charge is 0.316 e. The lowest BCUT2D eigenvalue weighted by atomic mass is 9.72. The number of carbonyl (C=O) groups is 1. The third kappa shape index (κ3) is 4.64. The van der Waals surface area contributed by atoms with E-state index in [0.29, 0.717) is 11.5 Å². The Hall–Kier alpha value is -1.34. The van der Waals surface area contributed by atoms with E-state index in [1.54, 1.807) is 11.3 Å². The normalized spacial score (nSPS) is 18.3. The number of amides is 1. The summed E-state index contributed by atoms with van der Waals surface area (Å²) >= 11 is 1.63. The molecule has 25 heavy (non-hydrogen) atoms. The molecule has 0 spiro atoms. The van der Waals surface area contributed by atoms with Crippen LogP contribution in [0.15, 0.2) is 0 Å². The van der Waals surface area contributed by atoms with Crippen LogP contribution in [-0.4, -0.2) is 5.91 Å². The number of hydrogen-bond donors (Lipinski definition) is 1. The Bertz CT molecular complexity index is 648. The van der Waals surface area contributed by atoms with E-state index in [0.717, 1.165) is 49.9 Å². The minimum Gasteiger partial charge on any atom is -0.316 e. The van der Waals surface area contributed by atoms with Gasteiger partial charge >= 0.3 is 0 Å². The smallest absolute Gasteiger partial charge is 0.228 e. The summed E-state index contributed by atoms with van der Waals surface area (Å²) in [5.74, 6) is 0.771. The number of thiophene rings is 1. The van der Waals surface area contributed by atoms with Gasteiger partial charge in [0.2, 0.25) is 5.91 Å². The van der Waals surface area contributed by atoms with E-state index in [4.69, 9.17) is 0 Å². The van der Waals surface area contributed by atoms with Crippen molar-refractivity contribution in [3.8, 4) is 6.07 Å². The third-order valence-corrected chi connectivity index (χ3v) is 6.78. The Kier molecular flexibility index (Phi) is 6.68. The summed E-state index contributed by atoms with van der Waals surface area (Å²) in [5.41, 5.74) is 2.18. The van der Waals surface area contributed by atoms with E-state index in [2.05, 4.69) is 46.0 Å². The molecular weight excluding hydrogens is 328 g/mol. The van der Waals surface area contributed by atoms with E-state index in [-0.39, 0.29) is 17.2 Å². The first kappa shape index (κ1) is 20.0. The maximum atomic E-state index is 12.6. The van der Waals surface area contributed by atoms with Gasteiger partial charge in [0.15, 0.2) is 0 Å². The molecule has 1 aromatic heterocycles. The molecular formula is C21H32N2OS. The number of anilines is 1. The molecule has 0 aliphatic heterocycles.